The zero-order chi connectivity index (χ0) is 60.4. The average molecular weight is 1210 g/mol. The van der Waals surface area contributed by atoms with Crippen molar-refractivity contribution in [3.63, 3.8) is 0 Å². The summed E-state index contributed by atoms with van der Waals surface area (Å²) in [5.74, 6) is -0.113. The first-order valence-corrected chi connectivity index (χ1v) is 29.9. The van der Waals surface area contributed by atoms with Crippen LogP contribution in [-0.4, -0.2) is 81.0 Å². The minimum absolute atomic E-state index is 0.00733. The van der Waals surface area contributed by atoms with Crippen molar-refractivity contribution < 1.29 is 65.8 Å². The lowest BCUT2D eigenvalue weighted by atomic mass is 10.1. The third-order valence-corrected chi connectivity index (χ3v) is 13.5. The van der Waals surface area contributed by atoms with Crippen molar-refractivity contribution in [3.8, 4) is 17.2 Å². The van der Waals surface area contributed by atoms with Crippen LogP contribution in [0.5, 0.6) is 17.2 Å². The Morgan fingerprint density at radius 3 is 1.39 bits per heavy atom. The Labute approximate surface area is 480 Å². The Morgan fingerprint density at radius 2 is 0.867 bits per heavy atom. The molecule has 83 heavy (non-hydrogen) atoms. The average Bonchev–Trinajstić information content (AvgIpc) is 3.59. The molecule has 0 spiro atoms. The van der Waals surface area contributed by atoms with Crippen LogP contribution in [0.3, 0.4) is 0 Å². The fourth-order valence-electron chi connectivity index (χ4n) is 7.82. The lowest BCUT2D eigenvalue weighted by Gasteiger charge is -2.11. The smallest absolute Gasteiger partial charge is 0.425 e. The molecule has 0 amide bonds. The molecule has 0 atom stereocenters. The van der Waals surface area contributed by atoms with Crippen molar-refractivity contribution in [2.75, 3.05) is 30.0 Å². The Kier molecular flexibility index (Phi) is 22.1. The molecule has 24 nitrogen and oxygen atoms in total. The number of ether oxygens (including phenoxy) is 2. The number of rotatable bonds is 20. The minimum Gasteiger partial charge on any atom is -0.505 e. The number of para-hydroxylation sites is 1. The summed E-state index contributed by atoms with van der Waals surface area (Å²) in [6.07, 6.45) is 0.114. The van der Waals surface area contributed by atoms with Crippen LogP contribution in [0.25, 0.3) is 21.5 Å². The largest absolute Gasteiger partial charge is 0.505 e. The third kappa shape index (κ3) is 19.9. The lowest BCUT2D eigenvalue weighted by molar-refractivity contribution is 0.317. The van der Waals surface area contributed by atoms with Crippen molar-refractivity contribution >= 4 is 120 Å². The van der Waals surface area contributed by atoms with Crippen LogP contribution in [-0.2, 0) is 41.5 Å². The van der Waals surface area contributed by atoms with E-state index in [1.54, 1.807) is 36.4 Å². The number of hydrogen-bond acceptors (Lipinski definition) is 22. The van der Waals surface area contributed by atoms with Gasteiger partial charge in [0.05, 0.1) is 58.8 Å². The molecule has 8 aromatic carbocycles. The van der Waals surface area contributed by atoms with Crippen LogP contribution in [0.4, 0.5) is 56.9 Å². The van der Waals surface area contributed by atoms with Gasteiger partial charge in [0, 0.05) is 28.2 Å². The van der Waals surface area contributed by atoms with Gasteiger partial charge in [0.15, 0.2) is 5.75 Å². The van der Waals surface area contributed by atoms with Gasteiger partial charge in [-0.1, -0.05) is 42.5 Å². The van der Waals surface area contributed by atoms with Crippen LogP contribution in [0, 0.1) is 34.6 Å². The number of azo groups is 4. The molecule has 4 N–H and O–H groups in total. The molecule has 0 aliphatic rings. The standard InChI is InChI=1S/C55H53N9O9S2.2O3S/c1-34-27-48(35(2)26-47(34)60-58-46-21-17-40-31-42(19-20-44(40)55(46)65)56-41-13-7-6-8-14-41)61-62-49-28-37(4)50(29-36(49)3)63-64-52-30-38(5)51(33-54(52)73-23-11-25-75(69,70)71)59-57-43-18-16-39-12-9-15-53(45(39)32-43)72-22-10-24-74(66,67)68;2*1-4(2)3/h6-9,12-21,26-33,56,65H,10-11,22-25H2,1-5H3,(H,66,67,68)(H,69,70,71);;. The van der Waals surface area contributed by atoms with E-state index in [0.717, 1.165) is 49.8 Å². The van der Waals surface area contributed by atoms with E-state index in [0.29, 0.717) is 62.2 Å². The van der Waals surface area contributed by atoms with E-state index in [1.807, 2.05) is 132 Å². The summed E-state index contributed by atoms with van der Waals surface area (Å²) in [5, 5.41) is 53.8. The van der Waals surface area contributed by atoms with Gasteiger partial charge in [0.2, 0.25) is 0 Å². The SMILES string of the molecule is Cc1cc(N=Nc2cc(C)c(N=Nc3cc(C)c(N=Nc4ccc5cc(Nc6ccccc6)ccc5c4O)cc3C)cc2C)c(OCCCS(=O)(=O)O)cc1N=Nc1ccc2cccc(OCCCS(=O)(=O)O)c2c1.O=S(=O)=O.O=S(=O)=O. The first-order valence-electron chi connectivity index (χ1n) is 24.7. The zero-order valence-electron chi connectivity index (χ0n) is 44.9. The lowest BCUT2D eigenvalue weighted by Crippen LogP contribution is -2.08. The summed E-state index contributed by atoms with van der Waals surface area (Å²) in [5.41, 5.74) is 9.81. The fraction of sp³-hybridized carbons (Fsp3) is 0.200. The number of aryl methyl sites for hydroxylation is 5. The van der Waals surface area contributed by atoms with Crippen molar-refractivity contribution in [3.05, 3.63) is 161 Å². The molecule has 28 heteroatoms. The predicted octanol–water partition coefficient (Wildman–Crippen LogP) is 14.0. The highest BCUT2D eigenvalue weighted by atomic mass is 32.2. The molecule has 0 saturated heterocycles. The number of aromatic hydroxyl groups is 1. The third-order valence-electron chi connectivity index (χ3n) is 11.8. The second-order valence-electron chi connectivity index (χ2n) is 18.2. The molecule has 8 aromatic rings. The van der Waals surface area contributed by atoms with Crippen molar-refractivity contribution in [1.82, 2.24) is 0 Å². The van der Waals surface area contributed by atoms with Gasteiger partial charge in [-0.05, 0) is 171 Å². The number of nitrogens with one attached hydrogen (secondary N) is 1. The quantitative estimate of drug-likeness (QED) is 0.0313. The van der Waals surface area contributed by atoms with Crippen LogP contribution < -0.4 is 14.8 Å². The van der Waals surface area contributed by atoms with Gasteiger partial charge >= 0.3 is 21.2 Å². The van der Waals surface area contributed by atoms with Crippen molar-refractivity contribution in [2.24, 2.45) is 40.9 Å². The molecular weight excluding hydrogens is 1150 g/mol. The maximum absolute atomic E-state index is 11.4. The van der Waals surface area contributed by atoms with Gasteiger partial charge in [0.1, 0.15) is 22.9 Å². The normalized spacial score (nSPS) is 11.7. The molecule has 0 bridgehead atoms. The van der Waals surface area contributed by atoms with Crippen LogP contribution in [0.2, 0.25) is 0 Å². The van der Waals surface area contributed by atoms with E-state index in [9.17, 15) is 26.5 Å². The molecule has 0 aliphatic heterocycles. The topological polar surface area (TPSA) is 361 Å². The number of benzene rings is 8. The number of phenolic OH excluding ortho intramolecular Hbond substituents is 1. The van der Waals surface area contributed by atoms with Crippen LogP contribution in [0.1, 0.15) is 40.7 Å². The second kappa shape index (κ2) is 29.1. The minimum atomic E-state index is -4.21. The van der Waals surface area contributed by atoms with E-state index < -0.39 is 53.0 Å². The molecule has 0 heterocycles. The molecule has 0 aromatic heterocycles. The first-order chi connectivity index (χ1) is 39.3. The fourth-order valence-corrected chi connectivity index (χ4v) is 8.78. The predicted molar refractivity (Wildman–Crippen MR) is 311 cm³/mol. The maximum Gasteiger partial charge on any atom is 0.425 e. The Balaban J connectivity index is 0.00000130. The second-order valence-corrected chi connectivity index (χ2v) is 22.1. The van der Waals surface area contributed by atoms with Gasteiger partial charge in [-0.2, -0.15) is 47.5 Å². The summed E-state index contributed by atoms with van der Waals surface area (Å²) in [6, 6.07) is 40.9. The summed E-state index contributed by atoms with van der Waals surface area (Å²) < 4.78 is 126. The van der Waals surface area contributed by atoms with E-state index in [1.165, 1.54) is 0 Å². The molecule has 0 radical (unpaired) electrons. The van der Waals surface area contributed by atoms with Gasteiger partial charge in [0.25, 0.3) is 20.2 Å². The molecule has 0 saturated carbocycles. The molecule has 0 unspecified atom stereocenters. The van der Waals surface area contributed by atoms with Gasteiger partial charge in [-0.15, -0.1) is 35.5 Å². The Bertz CT molecular complexity index is 4260. The van der Waals surface area contributed by atoms with Gasteiger partial charge < -0.3 is 19.9 Å². The molecular formula is C55H53N9O15S4. The molecule has 432 valence electrons. The summed E-state index contributed by atoms with van der Waals surface area (Å²) in [6.45, 7) is 9.42. The highest BCUT2D eigenvalue weighted by Crippen LogP contribution is 2.41. The summed E-state index contributed by atoms with van der Waals surface area (Å²) in [7, 11) is -14.5. The highest BCUT2D eigenvalue weighted by Gasteiger charge is 2.14. The van der Waals surface area contributed by atoms with Crippen molar-refractivity contribution in [1.29, 1.82) is 0 Å². The van der Waals surface area contributed by atoms with Crippen LogP contribution in [0.15, 0.2) is 174 Å². The van der Waals surface area contributed by atoms with Gasteiger partial charge in [-0.3, -0.25) is 9.11 Å². The van der Waals surface area contributed by atoms with E-state index in [4.69, 9.17) is 39.3 Å². The number of phenols is 1. The molecule has 0 fully saturated rings. The highest BCUT2D eigenvalue weighted by molar-refractivity contribution is 7.86. The summed E-state index contributed by atoms with van der Waals surface area (Å²) in [4.78, 5) is 0. The maximum atomic E-state index is 11.4. The zero-order valence-corrected chi connectivity index (χ0v) is 48.2. The number of fused-ring (bicyclic) bond motifs is 2. The Morgan fingerprint density at radius 1 is 0.422 bits per heavy atom. The number of nitrogens with zero attached hydrogens (tertiary/aromatic N) is 8. The van der Waals surface area contributed by atoms with Gasteiger partial charge in [-0.25, -0.2) is 0 Å². The first kappa shape index (κ1) is 63.1. The Hall–Kier alpha value is -9.06. The monoisotopic (exact) mass is 1210 g/mol. The van der Waals surface area contributed by atoms with E-state index in [2.05, 4.69) is 46.2 Å². The van der Waals surface area contributed by atoms with Crippen LogP contribution >= 0.6 is 0 Å². The van der Waals surface area contributed by atoms with Crippen molar-refractivity contribution in [2.45, 2.75) is 47.5 Å². The summed E-state index contributed by atoms with van der Waals surface area (Å²) >= 11 is 0. The number of hydrogen-bond donors (Lipinski definition) is 4. The van der Waals surface area contributed by atoms with E-state index >= 15 is 0 Å². The molecule has 0 aliphatic carbocycles. The van der Waals surface area contributed by atoms with E-state index in [-0.39, 0.29) is 37.6 Å². The number of anilines is 2. The molecule has 8 rings (SSSR count).